The summed E-state index contributed by atoms with van der Waals surface area (Å²) < 4.78 is 39.1. The molecule has 7 nitrogen and oxygen atoms in total. The molecule has 214 valence electrons. The standard InChI is InChI=1S/C31H44N2O5S/c1-2-3-4-5-6-7-8-9-10-11-12-13-14-17-24-38-30-19-16-15-18-28(30)29-25-32-33(31(29)34)26-20-22-27(23-21-26)39(35,36)37/h15-16,18-23,25,32H,2-14,17,24H2,1H3,(H,35,36,37). The fourth-order valence-electron chi connectivity index (χ4n) is 4.82. The molecule has 39 heavy (non-hydrogen) atoms. The van der Waals surface area contributed by atoms with Crippen LogP contribution in [0.5, 0.6) is 5.75 Å². The van der Waals surface area contributed by atoms with E-state index in [2.05, 4.69) is 12.0 Å². The molecule has 0 atom stereocenters. The van der Waals surface area contributed by atoms with E-state index >= 15 is 0 Å². The van der Waals surface area contributed by atoms with Crippen LogP contribution in [0.2, 0.25) is 0 Å². The summed E-state index contributed by atoms with van der Waals surface area (Å²) in [5, 5.41) is 2.93. The maximum Gasteiger partial charge on any atom is 0.294 e. The van der Waals surface area contributed by atoms with Gasteiger partial charge in [-0.25, -0.2) is 4.68 Å². The number of hydrogen-bond acceptors (Lipinski definition) is 4. The van der Waals surface area contributed by atoms with Crippen LogP contribution in [-0.4, -0.2) is 29.4 Å². The van der Waals surface area contributed by atoms with E-state index in [0.29, 0.717) is 29.2 Å². The molecular formula is C31H44N2O5S. The van der Waals surface area contributed by atoms with Crippen LogP contribution in [0.4, 0.5) is 0 Å². The zero-order valence-corrected chi connectivity index (χ0v) is 24.1. The molecule has 0 saturated carbocycles. The number of benzene rings is 2. The van der Waals surface area contributed by atoms with Gasteiger partial charge in [0.05, 0.1) is 22.8 Å². The Morgan fingerprint density at radius 1 is 0.744 bits per heavy atom. The van der Waals surface area contributed by atoms with Gasteiger partial charge in [-0.15, -0.1) is 0 Å². The van der Waals surface area contributed by atoms with Gasteiger partial charge in [0.25, 0.3) is 15.7 Å². The monoisotopic (exact) mass is 556 g/mol. The van der Waals surface area contributed by atoms with Crippen LogP contribution in [0, 0.1) is 0 Å². The molecular weight excluding hydrogens is 512 g/mol. The van der Waals surface area contributed by atoms with Crippen molar-refractivity contribution < 1.29 is 17.7 Å². The molecule has 0 aliphatic carbocycles. The van der Waals surface area contributed by atoms with Crippen molar-refractivity contribution in [2.75, 3.05) is 6.61 Å². The predicted molar refractivity (Wildman–Crippen MR) is 157 cm³/mol. The summed E-state index contributed by atoms with van der Waals surface area (Å²) in [4.78, 5) is 12.9. The molecule has 2 N–H and O–H groups in total. The quantitative estimate of drug-likeness (QED) is 0.115. The van der Waals surface area contributed by atoms with Crippen molar-refractivity contribution in [3.63, 3.8) is 0 Å². The Hall–Kier alpha value is -2.84. The molecule has 8 heteroatoms. The van der Waals surface area contributed by atoms with E-state index in [4.69, 9.17) is 4.74 Å². The van der Waals surface area contributed by atoms with Crippen molar-refractivity contribution in [1.29, 1.82) is 0 Å². The lowest BCUT2D eigenvalue weighted by atomic mass is 10.0. The molecule has 0 saturated heterocycles. The minimum Gasteiger partial charge on any atom is -0.493 e. The van der Waals surface area contributed by atoms with Gasteiger partial charge < -0.3 is 4.74 Å². The van der Waals surface area contributed by atoms with Crippen molar-refractivity contribution in [1.82, 2.24) is 9.78 Å². The Kier molecular flexibility index (Phi) is 12.8. The summed E-state index contributed by atoms with van der Waals surface area (Å²) in [5.41, 5.74) is 1.35. The minimum atomic E-state index is -4.30. The number of aromatic nitrogens is 2. The van der Waals surface area contributed by atoms with Crippen LogP contribution in [0.3, 0.4) is 0 Å². The lowest BCUT2D eigenvalue weighted by Crippen LogP contribution is -2.16. The van der Waals surface area contributed by atoms with Crippen LogP contribution >= 0.6 is 0 Å². The first-order valence-corrected chi connectivity index (χ1v) is 16.0. The molecule has 3 rings (SSSR count). The summed E-state index contributed by atoms with van der Waals surface area (Å²) in [5.74, 6) is 0.664. The third-order valence-corrected chi connectivity index (χ3v) is 7.96. The van der Waals surface area contributed by atoms with Gasteiger partial charge in [0.2, 0.25) is 0 Å². The van der Waals surface area contributed by atoms with Gasteiger partial charge in [-0.05, 0) is 36.8 Å². The molecule has 1 aromatic heterocycles. The van der Waals surface area contributed by atoms with Crippen molar-refractivity contribution in [2.24, 2.45) is 0 Å². The lowest BCUT2D eigenvalue weighted by Gasteiger charge is -2.10. The molecule has 0 fully saturated rings. The number of nitrogens with zero attached hydrogens (tertiary/aromatic N) is 1. The maximum absolute atomic E-state index is 13.1. The van der Waals surface area contributed by atoms with Gasteiger partial charge in [-0.3, -0.25) is 14.4 Å². The Labute approximate surface area is 233 Å². The first-order valence-electron chi connectivity index (χ1n) is 14.5. The van der Waals surface area contributed by atoms with Crippen LogP contribution in [0.1, 0.15) is 96.8 Å². The second-order valence-corrected chi connectivity index (χ2v) is 11.7. The van der Waals surface area contributed by atoms with Gasteiger partial charge in [0, 0.05) is 11.8 Å². The number of rotatable bonds is 19. The Bertz CT molecular complexity index is 1280. The molecule has 0 aliphatic rings. The van der Waals surface area contributed by atoms with Crippen molar-refractivity contribution in [3.05, 3.63) is 65.1 Å². The number of hydrogen-bond donors (Lipinski definition) is 2. The van der Waals surface area contributed by atoms with E-state index in [1.54, 1.807) is 6.20 Å². The molecule has 0 spiro atoms. The van der Waals surface area contributed by atoms with Gasteiger partial charge >= 0.3 is 0 Å². The topological polar surface area (TPSA) is 101 Å². The number of aromatic amines is 1. The molecule has 1 heterocycles. The highest BCUT2D eigenvalue weighted by atomic mass is 32.2. The number of ether oxygens (including phenoxy) is 1. The average Bonchev–Trinajstić information content (AvgIpc) is 3.31. The van der Waals surface area contributed by atoms with E-state index < -0.39 is 10.1 Å². The number of para-hydroxylation sites is 1. The molecule has 0 bridgehead atoms. The number of unbranched alkanes of at least 4 members (excludes halogenated alkanes) is 13. The summed E-state index contributed by atoms with van der Waals surface area (Å²) in [6.07, 6.45) is 19.9. The highest BCUT2D eigenvalue weighted by Gasteiger charge is 2.15. The second-order valence-electron chi connectivity index (χ2n) is 10.2. The smallest absolute Gasteiger partial charge is 0.294 e. The Morgan fingerprint density at radius 2 is 1.28 bits per heavy atom. The molecule has 3 aromatic rings. The Balaban J connectivity index is 1.40. The Morgan fingerprint density at radius 3 is 1.85 bits per heavy atom. The van der Waals surface area contributed by atoms with E-state index in [9.17, 15) is 17.8 Å². The lowest BCUT2D eigenvalue weighted by molar-refractivity contribution is 0.305. The SMILES string of the molecule is CCCCCCCCCCCCCCCCOc1ccccc1-c1c[nH]n(-c2ccc(S(=O)(=O)O)cc2)c1=O. The second kappa shape index (κ2) is 16.3. The first kappa shape index (κ1) is 30.7. The van der Waals surface area contributed by atoms with Gasteiger partial charge in [-0.1, -0.05) is 109 Å². The molecule has 0 aliphatic heterocycles. The minimum absolute atomic E-state index is 0.228. The third-order valence-electron chi connectivity index (χ3n) is 7.10. The van der Waals surface area contributed by atoms with Gasteiger partial charge in [-0.2, -0.15) is 8.42 Å². The number of nitrogens with one attached hydrogen (secondary N) is 1. The number of H-pyrrole nitrogens is 1. The molecule has 0 unspecified atom stereocenters. The molecule has 2 aromatic carbocycles. The van der Waals surface area contributed by atoms with Crippen LogP contribution in [0.15, 0.2) is 64.4 Å². The van der Waals surface area contributed by atoms with E-state index in [-0.39, 0.29) is 10.5 Å². The summed E-state index contributed by atoms with van der Waals surface area (Å²) in [6.45, 7) is 2.87. The van der Waals surface area contributed by atoms with Gasteiger partial charge in [0.15, 0.2) is 0 Å². The zero-order chi connectivity index (χ0) is 27.9. The zero-order valence-electron chi connectivity index (χ0n) is 23.2. The summed E-state index contributed by atoms with van der Waals surface area (Å²) >= 11 is 0. The van der Waals surface area contributed by atoms with E-state index in [1.165, 1.54) is 106 Å². The highest BCUT2D eigenvalue weighted by molar-refractivity contribution is 7.85. The van der Waals surface area contributed by atoms with Crippen LogP contribution in [-0.2, 0) is 10.1 Å². The van der Waals surface area contributed by atoms with Crippen molar-refractivity contribution >= 4 is 10.1 Å². The predicted octanol–water partition coefficient (Wildman–Crippen LogP) is 7.94. The first-order chi connectivity index (χ1) is 18.9. The normalized spacial score (nSPS) is 11.6. The molecule has 0 amide bonds. The van der Waals surface area contributed by atoms with Crippen molar-refractivity contribution in [3.8, 4) is 22.6 Å². The van der Waals surface area contributed by atoms with E-state index in [1.807, 2.05) is 24.3 Å². The van der Waals surface area contributed by atoms with E-state index in [0.717, 1.165) is 12.8 Å². The largest absolute Gasteiger partial charge is 0.493 e. The average molecular weight is 557 g/mol. The maximum atomic E-state index is 13.1. The highest BCUT2D eigenvalue weighted by Crippen LogP contribution is 2.28. The fourth-order valence-corrected chi connectivity index (χ4v) is 5.30. The summed E-state index contributed by atoms with van der Waals surface area (Å²) in [7, 11) is -4.30. The van der Waals surface area contributed by atoms with Crippen LogP contribution < -0.4 is 10.3 Å². The van der Waals surface area contributed by atoms with Crippen molar-refractivity contribution in [2.45, 2.75) is 102 Å². The van der Waals surface area contributed by atoms with Gasteiger partial charge in [0.1, 0.15) is 5.75 Å². The third kappa shape index (κ3) is 10.0. The van der Waals surface area contributed by atoms with Crippen LogP contribution in [0.25, 0.3) is 16.8 Å². The summed E-state index contributed by atoms with van der Waals surface area (Å²) in [6, 6.07) is 12.9. The fraction of sp³-hybridized carbons (Fsp3) is 0.516. The molecule has 0 radical (unpaired) electrons.